The van der Waals surface area contributed by atoms with Crippen LogP contribution in [0.1, 0.15) is 36.7 Å². The van der Waals surface area contributed by atoms with Crippen LogP contribution in [0.25, 0.3) is 0 Å². The fraction of sp³-hybridized carbons (Fsp3) is 0.462. The first kappa shape index (κ1) is 14.2. The van der Waals surface area contributed by atoms with Gasteiger partial charge in [-0.15, -0.1) is 0 Å². The maximum Gasteiger partial charge on any atom is 0.272 e. The second-order valence-electron chi connectivity index (χ2n) is 4.76. The molecule has 0 saturated carbocycles. The minimum Gasteiger partial charge on any atom is -0.349 e. The molecule has 0 unspecified atom stereocenters. The third-order valence-electron chi connectivity index (χ3n) is 3.01. The highest BCUT2D eigenvalue weighted by Gasteiger charge is 2.16. The number of nitro groups is 1. The Morgan fingerprint density at radius 2 is 1.94 bits per heavy atom. The minimum absolute atomic E-state index is 0.0310. The number of aryl methyl sites for hydroxylation is 1. The zero-order chi connectivity index (χ0) is 13.9. The Balaban J connectivity index is 2.88. The molecule has 0 radical (unpaired) electrons. The molecule has 1 N–H and O–H groups in total. The summed E-state index contributed by atoms with van der Waals surface area (Å²) in [5.41, 5.74) is 0.971. The second-order valence-corrected chi connectivity index (χ2v) is 4.76. The molecule has 98 valence electrons. The topological polar surface area (TPSA) is 72.2 Å². The Morgan fingerprint density at radius 1 is 1.33 bits per heavy atom. The highest BCUT2D eigenvalue weighted by Crippen LogP contribution is 2.18. The van der Waals surface area contributed by atoms with E-state index >= 15 is 0 Å². The van der Waals surface area contributed by atoms with E-state index < -0.39 is 4.92 Å². The molecule has 1 rings (SSSR count). The van der Waals surface area contributed by atoms with Crippen molar-refractivity contribution >= 4 is 11.6 Å². The molecule has 0 aliphatic rings. The largest absolute Gasteiger partial charge is 0.349 e. The van der Waals surface area contributed by atoms with E-state index in [1.165, 1.54) is 12.1 Å². The van der Waals surface area contributed by atoms with E-state index in [0.29, 0.717) is 17.0 Å². The molecule has 0 aromatic heterocycles. The predicted molar refractivity (Wildman–Crippen MR) is 69.6 cm³/mol. The van der Waals surface area contributed by atoms with Crippen molar-refractivity contribution in [1.82, 2.24) is 5.32 Å². The van der Waals surface area contributed by atoms with Gasteiger partial charge in [-0.1, -0.05) is 13.8 Å². The Bertz CT molecular complexity index is 469. The summed E-state index contributed by atoms with van der Waals surface area (Å²) in [4.78, 5) is 22.1. The van der Waals surface area contributed by atoms with Crippen LogP contribution >= 0.6 is 0 Å². The molecule has 5 heteroatoms. The van der Waals surface area contributed by atoms with Gasteiger partial charge in [-0.3, -0.25) is 14.9 Å². The van der Waals surface area contributed by atoms with Crippen molar-refractivity contribution in [3.05, 3.63) is 39.4 Å². The first-order valence-corrected chi connectivity index (χ1v) is 5.88. The lowest BCUT2D eigenvalue weighted by Gasteiger charge is -2.17. The van der Waals surface area contributed by atoms with Gasteiger partial charge >= 0.3 is 0 Å². The number of nitrogens with one attached hydrogen (secondary N) is 1. The maximum atomic E-state index is 11.9. The van der Waals surface area contributed by atoms with E-state index in [1.807, 2.05) is 20.8 Å². The normalized spacial score (nSPS) is 12.3. The summed E-state index contributed by atoms with van der Waals surface area (Å²) in [6, 6.07) is 4.45. The van der Waals surface area contributed by atoms with E-state index in [4.69, 9.17) is 0 Å². The van der Waals surface area contributed by atoms with Gasteiger partial charge in [0.2, 0.25) is 0 Å². The van der Waals surface area contributed by atoms with Crippen LogP contribution in [0, 0.1) is 23.0 Å². The molecule has 18 heavy (non-hydrogen) atoms. The Labute approximate surface area is 106 Å². The summed E-state index contributed by atoms with van der Waals surface area (Å²) in [6.07, 6.45) is 0. The average Bonchev–Trinajstić information content (AvgIpc) is 2.27. The SMILES string of the molecule is Cc1cc(C(=O)N[C@@H](C)C(C)C)ccc1[N+](=O)[O-]. The van der Waals surface area contributed by atoms with E-state index in [9.17, 15) is 14.9 Å². The van der Waals surface area contributed by atoms with Gasteiger partial charge < -0.3 is 5.32 Å². The van der Waals surface area contributed by atoms with Crippen LogP contribution in [-0.2, 0) is 0 Å². The number of nitro benzene ring substituents is 1. The summed E-state index contributed by atoms with van der Waals surface area (Å²) in [6.45, 7) is 7.60. The molecule has 1 aromatic carbocycles. The summed E-state index contributed by atoms with van der Waals surface area (Å²) in [5, 5.41) is 13.5. The highest BCUT2D eigenvalue weighted by molar-refractivity contribution is 5.94. The Kier molecular flexibility index (Phi) is 4.42. The molecule has 0 saturated heterocycles. The van der Waals surface area contributed by atoms with Crippen LogP contribution in [0.3, 0.4) is 0 Å². The number of rotatable bonds is 4. The van der Waals surface area contributed by atoms with Crippen LogP contribution in [-0.4, -0.2) is 16.9 Å². The van der Waals surface area contributed by atoms with Gasteiger partial charge in [0.15, 0.2) is 0 Å². The van der Waals surface area contributed by atoms with E-state index in [1.54, 1.807) is 13.0 Å². The number of hydrogen-bond acceptors (Lipinski definition) is 3. The molecule has 0 aliphatic carbocycles. The third-order valence-corrected chi connectivity index (χ3v) is 3.01. The lowest BCUT2D eigenvalue weighted by Crippen LogP contribution is -2.36. The van der Waals surface area contributed by atoms with Crippen molar-refractivity contribution in [2.45, 2.75) is 33.7 Å². The standard InChI is InChI=1S/C13H18N2O3/c1-8(2)10(4)14-13(16)11-5-6-12(15(17)18)9(3)7-11/h5-8,10H,1-4H3,(H,14,16)/t10-/m0/s1. The van der Waals surface area contributed by atoms with E-state index in [2.05, 4.69) is 5.32 Å². The molecule has 0 spiro atoms. The van der Waals surface area contributed by atoms with Gasteiger partial charge in [-0.25, -0.2) is 0 Å². The molecule has 1 amide bonds. The number of benzene rings is 1. The van der Waals surface area contributed by atoms with Crippen molar-refractivity contribution in [2.75, 3.05) is 0 Å². The van der Waals surface area contributed by atoms with E-state index in [0.717, 1.165) is 0 Å². The number of carbonyl (C=O) groups is 1. The lowest BCUT2D eigenvalue weighted by molar-refractivity contribution is -0.385. The Morgan fingerprint density at radius 3 is 2.39 bits per heavy atom. The quantitative estimate of drug-likeness (QED) is 0.659. The van der Waals surface area contributed by atoms with Crippen LogP contribution in [0.4, 0.5) is 5.69 Å². The molecule has 1 aromatic rings. The molecular formula is C13H18N2O3. The van der Waals surface area contributed by atoms with Gasteiger partial charge in [0, 0.05) is 23.2 Å². The lowest BCUT2D eigenvalue weighted by atomic mass is 10.0. The summed E-state index contributed by atoms with van der Waals surface area (Å²) in [5.74, 6) is 0.141. The monoisotopic (exact) mass is 250 g/mol. The predicted octanol–water partition coefficient (Wildman–Crippen LogP) is 2.68. The molecule has 1 atom stereocenters. The fourth-order valence-electron chi connectivity index (χ4n) is 1.46. The molecule has 5 nitrogen and oxygen atoms in total. The molecule has 0 aliphatic heterocycles. The number of nitrogens with zero attached hydrogens (tertiary/aromatic N) is 1. The van der Waals surface area contributed by atoms with Crippen LogP contribution in [0.5, 0.6) is 0 Å². The average molecular weight is 250 g/mol. The van der Waals surface area contributed by atoms with Gasteiger partial charge in [0.05, 0.1) is 4.92 Å². The highest BCUT2D eigenvalue weighted by atomic mass is 16.6. The third kappa shape index (κ3) is 3.29. The molecule has 0 bridgehead atoms. The number of hydrogen-bond donors (Lipinski definition) is 1. The van der Waals surface area contributed by atoms with E-state index in [-0.39, 0.29) is 17.6 Å². The zero-order valence-corrected chi connectivity index (χ0v) is 11.1. The summed E-state index contributed by atoms with van der Waals surface area (Å²) >= 11 is 0. The van der Waals surface area contributed by atoms with Gasteiger partial charge in [0.25, 0.3) is 11.6 Å². The van der Waals surface area contributed by atoms with Gasteiger partial charge in [-0.05, 0) is 31.9 Å². The zero-order valence-electron chi connectivity index (χ0n) is 11.1. The van der Waals surface area contributed by atoms with Crippen LogP contribution < -0.4 is 5.32 Å². The van der Waals surface area contributed by atoms with Crippen molar-refractivity contribution in [1.29, 1.82) is 0 Å². The van der Waals surface area contributed by atoms with Crippen molar-refractivity contribution in [2.24, 2.45) is 5.92 Å². The minimum atomic E-state index is -0.451. The summed E-state index contributed by atoms with van der Waals surface area (Å²) in [7, 11) is 0. The molecule has 0 fully saturated rings. The van der Waals surface area contributed by atoms with Crippen LogP contribution in [0.15, 0.2) is 18.2 Å². The number of amides is 1. The Hall–Kier alpha value is -1.91. The fourth-order valence-corrected chi connectivity index (χ4v) is 1.46. The van der Waals surface area contributed by atoms with Crippen molar-refractivity contribution < 1.29 is 9.72 Å². The molecule has 0 heterocycles. The van der Waals surface area contributed by atoms with Crippen LogP contribution in [0.2, 0.25) is 0 Å². The second kappa shape index (κ2) is 5.62. The van der Waals surface area contributed by atoms with Crippen molar-refractivity contribution in [3.8, 4) is 0 Å². The summed E-state index contributed by atoms with van der Waals surface area (Å²) < 4.78 is 0. The first-order chi connectivity index (χ1) is 8.32. The van der Waals surface area contributed by atoms with Gasteiger partial charge in [-0.2, -0.15) is 0 Å². The first-order valence-electron chi connectivity index (χ1n) is 5.88. The smallest absolute Gasteiger partial charge is 0.272 e. The maximum absolute atomic E-state index is 11.9. The molecular weight excluding hydrogens is 232 g/mol. The van der Waals surface area contributed by atoms with Gasteiger partial charge in [0.1, 0.15) is 0 Å². The number of carbonyl (C=O) groups excluding carboxylic acids is 1. The van der Waals surface area contributed by atoms with Crippen molar-refractivity contribution in [3.63, 3.8) is 0 Å².